The summed E-state index contributed by atoms with van der Waals surface area (Å²) in [7, 11) is 0. The summed E-state index contributed by atoms with van der Waals surface area (Å²) < 4.78 is 46.3. The summed E-state index contributed by atoms with van der Waals surface area (Å²) in [5, 5.41) is 9.06. The Labute approximate surface area is 174 Å². The number of hydrogen-bond acceptors (Lipinski definition) is 4. The van der Waals surface area contributed by atoms with Gasteiger partial charge in [-0.05, 0) is 49.3 Å². The number of alkyl halides is 3. The van der Waals surface area contributed by atoms with E-state index in [0.717, 1.165) is 12.5 Å². The van der Waals surface area contributed by atoms with Crippen molar-refractivity contribution in [3.63, 3.8) is 0 Å². The van der Waals surface area contributed by atoms with E-state index in [1.807, 2.05) is 9.80 Å². The fourth-order valence-electron chi connectivity index (χ4n) is 4.83. The largest absolute Gasteiger partial charge is 0.417 e. The summed E-state index contributed by atoms with van der Waals surface area (Å²) in [6.07, 6.45) is -1.39. The number of benzene rings is 1. The molecule has 162 valence electrons. The molecule has 8 heteroatoms. The molecule has 0 aromatic heterocycles. The zero-order chi connectivity index (χ0) is 21.5. The molecule has 2 saturated heterocycles. The van der Waals surface area contributed by atoms with Crippen LogP contribution in [0.3, 0.4) is 0 Å². The molecule has 2 atom stereocenters. The number of hydrogen-bond donors (Lipinski definition) is 0. The molecule has 5 nitrogen and oxygen atoms in total. The van der Waals surface area contributed by atoms with Crippen molar-refractivity contribution in [2.24, 2.45) is 17.3 Å². The van der Waals surface area contributed by atoms with Crippen LogP contribution in [0.2, 0.25) is 0 Å². The van der Waals surface area contributed by atoms with Crippen molar-refractivity contribution in [2.75, 3.05) is 44.3 Å². The molecule has 0 N–H and O–H groups in total. The first-order chi connectivity index (χ1) is 14.2. The van der Waals surface area contributed by atoms with Gasteiger partial charge in [-0.1, -0.05) is 0 Å². The number of nitrogens with zero attached hydrogens (tertiary/aromatic N) is 3. The maximum Gasteiger partial charge on any atom is 0.417 e. The van der Waals surface area contributed by atoms with Crippen molar-refractivity contribution < 1.29 is 22.7 Å². The second kappa shape index (κ2) is 7.77. The molecule has 0 bridgehead atoms. The van der Waals surface area contributed by atoms with Crippen LogP contribution < -0.4 is 4.90 Å². The van der Waals surface area contributed by atoms with E-state index in [9.17, 15) is 18.0 Å². The van der Waals surface area contributed by atoms with E-state index in [2.05, 4.69) is 0 Å². The highest BCUT2D eigenvalue weighted by molar-refractivity contribution is 5.73. The number of likely N-dealkylation sites (tertiary alicyclic amines) is 1. The van der Waals surface area contributed by atoms with Gasteiger partial charge in [0.05, 0.1) is 23.8 Å². The van der Waals surface area contributed by atoms with Crippen molar-refractivity contribution in [2.45, 2.75) is 32.4 Å². The molecule has 30 heavy (non-hydrogen) atoms. The molecule has 1 amide bonds. The predicted octanol–water partition coefficient (Wildman–Crippen LogP) is 3.68. The van der Waals surface area contributed by atoms with Gasteiger partial charge in [0, 0.05) is 50.8 Å². The van der Waals surface area contributed by atoms with E-state index in [1.165, 1.54) is 18.9 Å². The standard InChI is InChI=1S/C22H26F3N3O2/c1-15(29)27-7-6-18-10-28(13-21(18,12-27)14-30-11-16-2-3-16)19-5-4-17(9-26)20(8-19)22(23,24)25/h4-5,8,16,18H,2-3,6-7,10-14H2,1H3/t18-,21+/m0/s1. The summed E-state index contributed by atoms with van der Waals surface area (Å²) in [5.41, 5.74) is -1.09. The monoisotopic (exact) mass is 421 g/mol. The van der Waals surface area contributed by atoms with Crippen LogP contribution in [-0.4, -0.2) is 50.2 Å². The highest BCUT2D eigenvalue weighted by atomic mass is 19.4. The summed E-state index contributed by atoms with van der Waals surface area (Å²) in [5.74, 6) is 0.890. The minimum absolute atomic E-state index is 0.0196. The fraction of sp³-hybridized carbons (Fsp3) is 0.636. The molecular weight excluding hydrogens is 395 g/mol. The highest BCUT2D eigenvalue weighted by Gasteiger charge is 2.51. The van der Waals surface area contributed by atoms with E-state index in [-0.39, 0.29) is 22.8 Å². The van der Waals surface area contributed by atoms with Gasteiger partial charge in [-0.3, -0.25) is 4.79 Å². The van der Waals surface area contributed by atoms with E-state index in [1.54, 1.807) is 19.1 Å². The van der Waals surface area contributed by atoms with E-state index in [0.29, 0.717) is 51.0 Å². The second-order valence-electron chi connectivity index (χ2n) is 8.97. The maximum atomic E-state index is 13.4. The fourth-order valence-corrected chi connectivity index (χ4v) is 4.83. The highest BCUT2D eigenvalue weighted by Crippen LogP contribution is 2.45. The van der Waals surface area contributed by atoms with E-state index in [4.69, 9.17) is 10.00 Å². The quantitative estimate of drug-likeness (QED) is 0.728. The molecule has 0 spiro atoms. The number of ether oxygens (including phenoxy) is 1. The Kier molecular flexibility index (Phi) is 5.43. The summed E-state index contributed by atoms with van der Waals surface area (Å²) in [6.45, 7) is 5.18. The van der Waals surface area contributed by atoms with Gasteiger partial charge in [0.25, 0.3) is 0 Å². The van der Waals surface area contributed by atoms with Crippen molar-refractivity contribution in [3.8, 4) is 6.07 Å². The lowest BCUT2D eigenvalue weighted by molar-refractivity contribution is -0.138. The first-order valence-corrected chi connectivity index (χ1v) is 10.4. The third kappa shape index (κ3) is 4.13. The smallest absolute Gasteiger partial charge is 0.380 e. The van der Waals surface area contributed by atoms with Crippen LogP contribution in [-0.2, 0) is 15.7 Å². The SMILES string of the molecule is CC(=O)N1CC[C@H]2CN(c3ccc(C#N)c(C(F)(F)F)c3)C[C@@]2(COCC2CC2)C1. The number of fused-ring (bicyclic) bond motifs is 1. The van der Waals surface area contributed by atoms with Crippen LogP contribution in [0, 0.1) is 28.6 Å². The zero-order valence-electron chi connectivity index (χ0n) is 17.0. The maximum absolute atomic E-state index is 13.4. The van der Waals surface area contributed by atoms with Gasteiger partial charge < -0.3 is 14.5 Å². The third-order valence-corrected chi connectivity index (χ3v) is 6.75. The van der Waals surface area contributed by atoms with Gasteiger partial charge in [-0.2, -0.15) is 18.4 Å². The number of rotatable bonds is 5. The number of piperidine rings is 1. The van der Waals surface area contributed by atoms with Gasteiger partial charge in [-0.15, -0.1) is 0 Å². The Balaban J connectivity index is 1.59. The lowest BCUT2D eigenvalue weighted by Gasteiger charge is -2.43. The number of halogens is 3. The average Bonchev–Trinajstić information content (AvgIpc) is 3.44. The molecule has 1 aromatic carbocycles. The van der Waals surface area contributed by atoms with Gasteiger partial charge in [0.1, 0.15) is 0 Å². The van der Waals surface area contributed by atoms with Gasteiger partial charge in [-0.25, -0.2) is 0 Å². The summed E-state index contributed by atoms with van der Waals surface area (Å²) in [4.78, 5) is 15.8. The minimum Gasteiger partial charge on any atom is -0.380 e. The number of amides is 1. The Morgan fingerprint density at radius 1 is 1.30 bits per heavy atom. The van der Waals surface area contributed by atoms with E-state index < -0.39 is 11.7 Å². The molecular formula is C22H26F3N3O2. The van der Waals surface area contributed by atoms with Crippen LogP contribution >= 0.6 is 0 Å². The first-order valence-electron chi connectivity index (χ1n) is 10.4. The molecule has 1 aliphatic carbocycles. The molecule has 0 unspecified atom stereocenters. The number of nitriles is 1. The van der Waals surface area contributed by atoms with Gasteiger partial charge in [0.2, 0.25) is 5.91 Å². The number of anilines is 1. The lowest BCUT2D eigenvalue weighted by atomic mass is 9.74. The topological polar surface area (TPSA) is 56.6 Å². The van der Waals surface area contributed by atoms with E-state index >= 15 is 0 Å². The average molecular weight is 421 g/mol. The molecule has 3 aliphatic rings. The second-order valence-corrected chi connectivity index (χ2v) is 8.97. The Hall–Kier alpha value is -2.27. The Morgan fingerprint density at radius 2 is 2.07 bits per heavy atom. The van der Waals surface area contributed by atoms with Crippen molar-refractivity contribution in [1.82, 2.24) is 4.90 Å². The Morgan fingerprint density at radius 3 is 2.70 bits per heavy atom. The van der Waals surface area contributed by atoms with Gasteiger partial charge in [0.15, 0.2) is 0 Å². The van der Waals surface area contributed by atoms with Crippen LogP contribution in [0.15, 0.2) is 18.2 Å². The van der Waals surface area contributed by atoms with Crippen LogP contribution in [0.25, 0.3) is 0 Å². The minimum atomic E-state index is -4.58. The van der Waals surface area contributed by atoms with Crippen molar-refractivity contribution in [3.05, 3.63) is 29.3 Å². The number of carbonyl (C=O) groups excluding carboxylic acids is 1. The number of carbonyl (C=O) groups is 1. The molecule has 2 aliphatic heterocycles. The normalized spacial score (nSPS) is 26.4. The van der Waals surface area contributed by atoms with Gasteiger partial charge >= 0.3 is 6.18 Å². The molecule has 1 saturated carbocycles. The predicted molar refractivity (Wildman–Crippen MR) is 105 cm³/mol. The van der Waals surface area contributed by atoms with Crippen LogP contribution in [0.1, 0.15) is 37.3 Å². The van der Waals surface area contributed by atoms with Crippen LogP contribution in [0.5, 0.6) is 0 Å². The van der Waals surface area contributed by atoms with Crippen molar-refractivity contribution in [1.29, 1.82) is 5.26 Å². The molecule has 3 fully saturated rings. The van der Waals surface area contributed by atoms with Crippen LogP contribution in [0.4, 0.5) is 18.9 Å². The molecule has 4 rings (SSSR count). The summed E-state index contributed by atoms with van der Waals surface area (Å²) in [6, 6.07) is 5.56. The van der Waals surface area contributed by atoms with Crippen molar-refractivity contribution >= 4 is 11.6 Å². The molecule has 1 aromatic rings. The molecule has 2 heterocycles. The Bertz CT molecular complexity index is 862. The lowest BCUT2D eigenvalue weighted by Crippen LogP contribution is -2.52. The third-order valence-electron chi connectivity index (χ3n) is 6.75. The summed E-state index contributed by atoms with van der Waals surface area (Å²) >= 11 is 0. The first kappa shape index (κ1) is 21.0. The molecule has 0 radical (unpaired) electrons. The zero-order valence-corrected chi connectivity index (χ0v) is 17.0.